The Bertz CT molecular complexity index is 94.7. The third-order valence-corrected chi connectivity index (χ3v) is 2.79. The minimum Gasteiger partial charge on any atom is -0.306 e. The molecule has 0 rings (SSSR count). The molecule has 0 saturated heterocycles. The molecule has 0 atom stereocenters. The summed E-state index contributed by atoms with van der Waals surface area (Å²) >= 11 is 0. The van der Waals surface area contributed by atoms with Gasteiger partial charge in [0.1, 0.15) is 0 Å². The van der Waals surface area contributed by atoms with Gasteiger partial charge >= 0.3 is 0 Å². The maximum atomic E-state index is 2.49. The standard InChI is InChI=1S/C13H29N.ClH/c1-4-6-8-10-12-14(3)13-11-9-7-5-2;/h4-13H2,1-3H3;1H. The van der Waals surface area contributed by atoms with Crippen molar-refractivity contribution in [1.29, 1.82) is 0 Å². The van der Waals surface area contributed by atoms with Crippen molar-refractivity contribution in [3.8, 4) is 0 Å². The summed E-state index contributed by atoms with van der Waals surface area (Å²) in [5, 5.41) is 0. The lowest BCUT2D eigenvalue weighted by molar-refractivity contribution is 0.315. The summed E-state index contributed by atoms with van der Waals surface area (Å²) < 4.78 is 0. The summed E-state index contributed by atoms with van der Waals surface area (Å²) in [5.41, 5.74) is 0. The van der Waals surface area contributed by atoms with E-state index in [2.05, 4.69) is 25.8 Å². The summed E-state index contributed by atoms with van der Waals surface area (Å²) in [6, 6.07) is 0. The van der Waals surface area contributed by atoms with Gasteiger partial charge in [0.25, 0.3) is 0 Å². The van der Waals surface area contributed by atoms with Gasteiger partial charge in [-0.3, -0.25) is 0 Å². The summed E-state index contributed by atoms with van der Waals surface area (Å²) in [6.07, 6.45) is 11.1. The first kappa shape index (κ1) is 17.6. The molecule has 0 aromatic carbocycles. The van der Waals surface area contributed by atoms with Gasteiger partial charge in [-0.1, -0.05) is 52.4 Å². The molecule has 15 heavy (non-hydrogen) atoms. The molecule has 1 nitrogen and oxygen atoms in total. The Balaban J connectivity index is 0. The Kier molecular flexibility index (Phi) is 16.8. The van der Waals surface area contributed by atoms with E-state index in [1.807, 2.05) is 0 Å². The van der Waals surface area contributed by atoms with E-state index in [-0.39, 0.29) is 12.4 Å². The number of hydrogen-bond donors (Lipinski definition) is 0. The van der Waals surface area contributed by atoms with Crippen LogP contribution in [0.25, 0.3) is 0 Å². The van der Waals surface area contributed by atoms with Crippen LogP contribution in [-0.4, -0.2) is 25.0 Å². The Morgan fingerprint density at radius 2 is 1.07 bits per heavy atom. The maximum absolute atomic E-state index is 2.49. The van der Waals surface area contributed by atoms with E-state index in [9.17, 15) is 0 Å². The second-order valence-corrected chi connectivity index (χ2v) is 4.42. The zero-order valence-electron chi connectivity index (χ0n) is 10.9. The van der Waals surface area contributed by atoms with E-state index in [0.717, 1.165) is 0 Å². The molecule has 0 unspecified atom stereocenters. The van der Waals surface area contributed by atoms with Gasteiger partial charge in [-0.2, -0.15) is 0 Å². The maximum Gasteiger partial charge on any atom is -0.00218 e. The number of halogens is 1. The highest BCUT2D eigenvalue weighted by atomic mass is 35.5. The van der Waals surface area contributed by atoms with Crippen molar-refractivity contribution in [2.45, 2.75) is 65.2 Å². The van der Waals surface area contributed by atoms with Crippen LogP contribution in [0.1, 0.15) is 65.2 Å². The Morgan fingerprint density at radius 1 is 0.667 bits per heavy atom. The van der Waals surface area contributed by atoms with E-state index in [4.69, 9.17) is 0 Å². The highest BCUT2D eigenvalue weighted by Gasteiger charge is 1.97. The molecule has 0 aliphatic carbocycles. The van der Waals surface area contributed by atoms with Gasteiger partial charge in [-0.15, -0.1) is 12.4 Å². The van der Waals surface area contributed by atoms with Crippen molar-refractivity contribution in [3.63, 3.8) is 0 Å². The van der Waals surface area contributed by atoms with Crippen molar-refractivity contribution in [1.82, 2.24) is 4.90 Å². The van der Waals surface area contributed by atoms with Crippen molar-refractivity contribution in [2.24, 2.45) is 0 Å². The zero-order valence-corrected chi connectivity index (χ0v) is 11.7. The minimum atomic E-state index is 0. The number of rotatable bonds is 10. The summed E-state index contributed by atoms with van der Waals surface area (Å²) in [5.74, 6) is 0. The van der Waals surface area contributed by atoms with E-state index in [0.29, 0.717) is 0 Å². The van der Waals surface area contributed by atoms with E-state index in [1.165, 1.54) is 64.5 Å². The van der Waals surface area contributed by atoms with E-state index < -0.39 is 0 Å². The Morgan fingerprint density at radius 3 is 1.40 bits per heavy atom. The third kappa shape index (κ3) is 14.2. The van der Waals surface area contributed by atoms with Crippen LogP contribution >= 0.6 is 12.4 Å². The smallest absolute Gasteiger partial charge is 0.00218 e. The van der Waals surface area contributed by atoms with Crippen LogP contribution in [0.15, 0.2) is 0 Å². The van der Waals surface area contributed by atoms with Crippen LogP contribution in [0.5, 0.6) is 0 Å². The van der Waals surface area contributed by atoms with Gasteiger partial charge in [-0.05, 0) is 33.0 Å². The van der Waals surface area contributed by atoms with Crippen LogP contribution in [0, 0.1) is 0 Å². The molecule has 0 aromatic rings. The first-order valence-corrected chi connectivity index (χ1v) is 6.49. The van der Waals surface area contributed by atoms with Crippen molar-refractivity contribution < 1.29 is 0 Å². The van der Waals surface area contributed by atoms with Crippen molar-refractivity contribution in [3.05, 3.63) is 0 Å². The first-order valence-electron chi connectivity index (χ1n) is 6.49. The molecule has 0 saturated carbocycles. The molecule has 2 heteroatoms. The van der Waals surface area contributed by atoms with Crippen molar-refractivity contribution >= 4 is 12.4 Å². The predicted octanol–water partition coefficient (Wildman–Crippen LogP) is 4.50. The molecule has 0 aliphatic rings. The second kappa shape index (κ2) is 14.2. The van der Waals surface area contributed by atoms with Gasteiger partial charge < -0.3 is 4.90 Å². The lowest BCUT2D eigenvalue weighted by atomic mass is 10.2. The van der Waals surface area contributed by atoms with Crippen LogP contribution in [0.3, 0.4) is 0 Å². The fourth-order valence-corrected chi connectivity index (χ4v) is 1.73. The normalized spacial score (nSPS) is 10.4. The molecular formula is C13H30ClN. The van der Waals surface area contributed by atoms with Gasteiger partial charge in [0.05, 0.1) is 0 Å². The summed E-state index contributed by atoms with van der Waals surface area (Å²) in [7, 11) is 2.26. The molecule has 0 heterocycles. The Labute approximate surface area is 103 Å². The molecule has 0 radical (unpaired) electrons. The highest BCUT2D eigenvalue weighted by molar-refractivity contribution is 5.85. The molecular weight excluding hydrogens is 206 g/mol. The molecule has 0 fully saturated rings. The van der Waals surface area contributed by atoms with Gasteiger partial charge in [0, 0.05) is 0 Å². The highest BCUT2D eigenvalue weighted by Crippen LogP contribution is 2.03. The number of hydrogen-bond acceptors (Lipinski definition) is 1. The predicted molar refractivity (Wildman–Crippen MR) is 73.0 cm³/mol. The fraction of sp³-hybridized carbons (Fsp3) is 1.00. The van der Waals surface area contributed by atoms with Gasteiger partial charge in [0.15, 0.2) is 0 Å². The molecule has 0 bridgehead atoms. The van der Waals surface area contributed by atoms with Gasteiger partial charge in [-0.25, -0.2) is 0 Å². The van der Waals surface area contributed by atoms with Crippen LogP contribution in [-0.2, 0) is 0 Å². The second-order valence-electron chi connectivity index (χ2n) is 4.42. The molecule has 94 valence electrons. The monoisotopic (exact) mass is 235 g/mol. The average Bonchev–Trinajstić information content (AvgIpc) is 2.19. The van der Waals surface area contributed by atoms with E-state index >= 15 is 0 Å². The minimum absolute atomic E-state index is 0. The first-order chi connectivity index (χ1) is 6.81. The largest absolute Gasteiger partial charge is 0.306 e. The SMILES string of the molecule is CCCCCCN(C)CCCCCC.Cl. The molecule has 0 N–H and O–H groups in total. The lowest BCUT2D eigenvalue weighted by Gasteiger charge is -2.15. The summed E-state index contributed by atoms with van der Waals surface area (Å²) in [6.45, 7) is 7.14. The quantitative estimate of drug-likeness (QED) is 0.504. The number of unbranched alkanes of at least 4 members (excludes halogenated alkanes) is 6. The average molecular weight is 236 g/mol. The lowest BCUT2D eigenvalue weighted by Crippen LogP contribution is -2.20. The number of nitrogens with zero attached hydrogens (tertiary/aromatic N) is 1. The van der Waals surface area contributed by atoms with Crippen molar-refractivity contribution in [2.75, 3.05) is 20.1 Å². The molecule has 0 amide bonds. The van der Waals surface area contributed by atoms with Crippen LogP contribution in [0.4, 0.5) is 0 Å². The molecule has 0 aliphatic heterocycles. The van der Waals surface area contributed by atoms with Crippen LogP contribution in [0.2, 0.25) is 0 Å². The zero-order chi connectivity index (χ0) is 10.6. The third-order valence-electron chi connectivity index (χ3n) is 2.79. The van der Waals surface area contributed by atoms with Gasteiger partial charge in [0.2, 0.25) is 0 Å². The van der Waals surface area contributed by atoms with E-state index in [1.54, 1.807) is 0 Å². The topological polar surface area (TPSA) is 3.24 Å². The molecule has 0 spiro atoms. The Hall–Kier alpha value is 0.250. The fourth-order valence-electron chi connectivity index (χ4n) is 1.73. The molecule has 0 aromatic heterocycles. The van der Waals surface area contributed by atoms with Crippen LogP contribution < -0.4 is 0 Å². The summed E-state index contributed by atoms with van der Waals surface area (Å²) in [4.78, 5) is 2.49.